The van der Waals surface area contributed by atoms with Crippen LogP contribution in [0.15, 0.2) is 18.2 Å². The van der Waals surface area contributed by atoms with Gasteiger partial charge in [-0.1, -0.05) is 40.5 Å². The van der Waals surface area contributed by atoms with Crippen LogP contribution in [-0.4, -0.2) is 5.33 Å². The van der Waals surface area contributed by atoms with Crippen LogP contribution >= 0.6 is 27.5 Å². The van der Waals surface area contributed by atoms with Crippen molar-refractivity contribution in [3.8, 4) is 0 Å². The van der Waals surface area contributed by atoms with Crippen molar-refractivity contribution in [2.75, 3.05) is 5.33 Å². The summed E-state index contributed by atoms with van der Waals surface area (Å²) in [6.07, 6.45) is 3.59. The van der Waals surface area contributed by atoms with Gasteiger partial charge < -0.3 is 0 Å². The van der Waals surface area contributed by atoms with Gasteiger partial charge in [-0.25, -0.2) is 4.39 Å². The second-order valence-corrected chi connectivity index (χ2v) is 5.96. The first-order chi connectivity index (χ1) is 7.55. The lowest BCUT2D eigenvalue weighted by molar-refractivity contribution is 0.318. The van der Waals surface area contributed by atoms with Crippen LogP contribution in [0.3, 0.4) is 0 Å². The number of rotatable bonds is 4. The van der Waals surface area contributed by atoms with E-state index in [-0.39, 0.29) is 16.3 Å². The van der Waals surface area contributed by atoms with Crippen LogP contribution in [0.2, 0.25) is 5.02 Å². The van der Waals surface area contributed by atoms with Crippen LogP contribution in [0.1, 0.15) is 25.3 Å². The van der Waals surface area contributed by atoms with Crippen molar-refractivity contribution in [2.45, 2.75) is 26.2 Å². The second kappa shape index (κ2) is 4.66. The average molecular weight is 306 g/mol. The number of alkyl halides is 1. The van der Waals surface area contributed by atoms with E-state index in [0.717, 1.165) is 23.2 Å². The lowest BCUT2D eigenvalue weighted by atomic mass is 9.81. The van der Waals surface area contributed by atoms with E-state index in [9.17, 15) is 4.39 Å². The van der Waals surface area contributed by atoms with Crippen molar-refractivity contribution < 1.29 is 4.39 Å². The quantitative estimate of drug-likeness (QED) is 0.699. The van der Waals surface area contributed by atoms with E-state index >= 15 is 0 Å². The van der Waals surface area contributed by atoms with Crippen molar-refractivity contribution >= 4 is 27.5 Å². The number of hydrogen-bond acceptors (Lipinski definition) is 0. The van der Waals surface area contributed by atoms with Gasteiger partial charge in [0.1, 0.15) is 5.82 Å². The highest BCUT2D eigenvalue weighted by Crippen LogP contribution is 2.48. The Bertz CT molecular complexity index is 390. The highest BCUT2D eigenvalue weighted by atomic mass is 79.9. The molecule has 1 aliphatic carbocycles. The van der Waals surface area contributed by atoms with Crippen molar-refractivity contribution in [3.63, 3.8) is 0 Å². The molecule has 0 nitrogen and oxygen atoms in total. The van der Waals surface area contributed by atoms with Gasteiger partial charge in [-0.3, -0.25) is 0 Å². The fourth-order valence-electron chi connectivity index (χ4n) is 2.20. The Kier molecular flexibility index (Phi) is 3.60. The summed E-state index contributed by atoms with van der Waals surface area (Å²) >= 11 is 9.39. The maximum atomic E-state index is 13.0. The minimum atomic E-state index is -0.336. The molecule has 0 bridgehead atoms. The third-order valence-electron chi connectivity index (χ3n) is 3.46. The SMILES string of the molecule is CC(CBr)(Cc1ccc(F)c(Cl)c1)C1CC1. The molecule has 3 heteroatoms. The largest absolute Gasteiger partial charge is 0.205 e. The third-order valence-corrected chi connectivity index (χ3v) is 5.03. The van der Waals surface area contributed by atoms with Crippen molar-refractivity contribution in [3.05, 3.63) is 34.6 Å². The highest BCUT2D eigenvalue weighted by molar-refractivity contribution is 9.09. The zero-order chi connectivity index (χ0) is 11.8. The molecule has 1 aliphatic rings. The lowest BCUT2D eigenvalue weighted by Gasteiger charge is -2.27. The predicted molar refractivity (Wildman–Crippen MR) is 69.7 cm³/mol. The summed E-state index contributed by atoms with van der Waals surface area (Å²) in [5.41, 5.74) is 1.40. The van der Waals surface area contributed by atoms with Gasteiger partial charge in [0.25, 0.3) is 0 Å². The molecular formula is C13H15BrClF. The molecule has 1 aromatic rings. The first-order valence-electron chi connectivity index (χ1n) is 5.55. The molecule has 88 valence electrons. The zero-order valence-corrected chi connectivity index (χ0v) is 11.6. The molecule has 16 heavy (non-hydrogen) atoms. The zero-order valence-electron chi connectivity index (χ0n) is 9.27. The summed E-state index contributed by atoms with van der Waals surface area (Å²) in [4.78, 5) is 0. The van der Waals surface area contributed by atoms with E-state index in [0.29, 0.717) is 0 Å². The standard InChI is InChI=1S/C13H15BrClF/c1-13(8-14,10-3-4-10)7-9-2-5-12(16)11(15)6-9/h2,5-6,10H,3-4,7-8H2,1H3. The molecule has 0 N–H and O–H groups in total. The second-order valence-electron chi connectivity index (χ2n) is 4.99. The minimum Gasteiger partial charge on any atom is -0.205 e. The first kappa shape index (κ1) is 12.4. The summed E-state index contributed by atoms with van der Waals surface area (Å²) in [5, 5.41) is 1.21. The molecule has 0 spiro atoms. The molecule has 0 radical (unpaired) electrons. The molecule has 0 saturated heterocycles. The Hall–Kier alpha value is -0.0800. The van der Waals surface area contributed by atoms with E-state index in [4.69, 9.17) is 11.6 Å². The molecule has 0 amide bonds. The van der Waals surface area contributed by atoms with Crippen molar-refractivity contribution in [2.24, 2.45) is 11.3 Å². The van der Waals surface area contributed by atoms with Crippen LogP contribution in [0, 0.1) is 17.2 Å². The summed E-state index contributed by atoms with van der Waals surface area (Å²) in [7, 11) is 0. The Morgan fingerprint density at radius 2 is 2.19 bits per heavy atom. The van der Waals surface area contributed by atoms with Gasteiger partial charge in [-0.15, -0.1) is 0 Å². The fraction of sp³-hybridized carbons (Fsp3) is 0.538. The fourth-order valence-corrected chi connectivity index (χ4v) is 3.06. The normalized spacial score (nSPS) is 19.5. The topological polar surface area (TPSA) is 0 Å². The van der Waals surface area contributed by atoms with Gasteiger partial charge in [-0.05, 0) is 48.3 Å². The van der Waals surface area contributed by atoms with Gasteiger partial charge in [0.05, 0.1) is 5.02 Å². The summed E-state index contributed by atoms with van der Waals surface area (Å²) in [5.74, 6) is 0.466. The van der Waals surface area contributed by atoms with Gasteiger partial charge in [0, 0.05) is 5.33 Å². The predicted octanol–water partition coefficient (Wildman–Crippen LogP) is 4.83. The molecular weight excluding hydrogens is 290 g/mol. The third kappa shape index (κ3) is 2.60. The highest BCUT2D eigenvalue weighted by Gasteiger charge is 2.40. The van der Waals surface area contributed by atoms with Crippen LogP contribution in [0.5, 0.6) is 0 Å². The molecule has 0 aromatic heterocycles. The maximum Gasteiger partial charge on any atom is 0.141 e. The molecule has 1 atom stereocenters. The summed E-state index contributed by atoms with van der Waals surface area (Å²) < 4.78 is 13.0. The molecule has 1 unspecified atom stereocenters. The maximum absolute atomic E-state index is 13.0. The van der Waals surface area contributed by atoms with E-state index in [1.165, 1.54) is 18.9 Å². The van der Waals surface area contributed by atoms with Crippen LogP contribution in [0.25, 0.3) is 0 Å². The smallest absolute Gasteiger partial charge is 0.141 e. The molecule has 1 saturated carbocycles. The van der Waals surface area contributed by atoms with E-state index < -0.39 is 0 Å². The van der Waals surface area contributed by atoms with Gasteiger partial charge in [-0.2, -0.15) is 0 Å². The first-order valence-corrected chi connectivity index (χ1v) is 7.05. The summed E-state index contributed by atoms with van der Waals surface area (Å²) in [6.45, 7) is 2.29. The van der Waals surface area contributed by atoms with Crippen molar-refractivity contribution in [1.82, 2.24) is 0 Å². The number of benzene rings is 1. The van der Waals surface area contributed by atoms with E-state index in [1.807, 2.05) is 6.07 Å². The van der Waals surface area contributed by atoms with Crippen LogP contribution in [-0.2, 0) is 6.42 Å². The number of hydrogen-bond donors (Lipinski definition) is 0. The molecule has 0 aliphatic heterocycles. The monoisotopic (exact) mass is 304 g/mol. The van der Waals surface area contributed by atoms with Gasteiger partial charge >= 0.3 is 0 Å². The molecule has 1 aromatic carbocycles. The Morgan fingerprint density at radius 1 is 1.50 bits per heavy atom. The lowest BCUT2D eigenvalue weighted by Crippen LogP contribution is -2.24. The Balaban J connectivity index is 2.15. The van der Waals surface area contributed by atoms with E-state index in [2.05, 4.69) is 22.9 Å². The Morgan fingerprint density at radius 3 is 2.69 bits per heavy atom. The number of halogens is 3. The minimum absolute atomic E-state index is 0.227. The van der Waals surface area contributed by atoms with Crippen molar-refractivity contribution in [1.29, 1.82) is 0 Å². The van der Waals surface area contributed by atoms with Gasteiger partial charge in [0.2, 0.25) is 0 Å². The van der Waals surface area contributed by atoms with Crippen LogP contribution < -0.4 is 0 Å². The molecule has 0 heterocycles. The summed E-state index contributed by atoms with van der Waals surface area (Å²) in [6, 6.07) is 5.05. The van der Waals surface area contributed by atoms with Gasteiger partial charge in [0.15, 0.2) is 0 Å². The molecule has 1 fully saturated rings. The van der Waals surface area contributed by atoms with Crippen LogP contribution in [0.4, 0.5) is 4.39 Å². The molecule has 2 rings (SSSR count). The Labute approximate surface area is 109 Å². The average Bonchev–Trinajstić information content (AvgIpc) is 3.07. The van der Waals surface area contributed by atoms with E-state index in [1.54, 1.807) is 6.07 Å².